The molecule has 0 saturated heterocycles. The van der Waals surface area contributed by atoms with E-state index in [0.29, 0.717) is 17.5 Å². The fraction of sp³-hybridized carbons (Fsp3) is 0.167. The molecule has 1 atom stereocenters. The van der Waals surface area contributed by atoms with Crippen LogP contribution in [-0.4, -0.2) is 9.55 Å². The van der Waals surface area contributed by atoms with Gasteiger partial charge >= 0.3 is 0 Å². The maximum absolute atomic E-state index is 14.5. The van der Waals surface area contributed by atoms with E-state index in [-0.39, 0.29) is 11.6 Å². The van der Waals surface area contributed by atoms with E-state index in [2.05, 4.69) is 4.98 Å². The van der Waals surface area contributed by atoms with Crippen molar-refractivity contribution in [1.82, 2.24) is 9.55 Å². The maximum Gasteiger partial charge on any atom is 0.131 e. The van der Waals surface area contributed by atoms with Crippen LogP contribution in [0.4, 0.5) is 13.2 Å². The topological polar surface area (TPSA) is 17.8 Å². The second kappa shape index (κ2) is 6.28. The van der Waals surface area contributed by atoms with Crippen LogP contribution in [0, 0.1) is 17.5 Å². The SMILES string of the molecule is CCC(c1ccc(-c2cc(F)ccc2F)cc1F)n1ccnc1. The number of rotatable bonds is 4. The molecule has 0 aliphatic heterocycles. The quantitative estimate of drug-likeness (QED) is 0.665. The van der Waals surface area contributed by atoms with Crippen molar-refractivity contribution in [3.8, 4) is 11.1 Å². The number of halogens is 3. The van der Waals surface area contributed by atoms with Crippen LogP contribution in [0.3, 0.4) is 0 Å². The van der Waals surface area contributed by atoms with E-state index >= 15 is 0 Å². The number of benzene rings is 2. The summed E-state index contributed by atoms with van der Waals surface area (Å²) < 4.78 is 43.5. The fourth-order valence-corrected chi connectivity index (χ4v) is 2.73. The van der Waals surface area contributed by atoms with Crippen LogP contribution in [0.15, 0.2) is 55.1 Å². The fourth-order valence-electron chi connectivity index (χ4n) is 2.73. The van der Waals surface area contributed by atoms with Crippen LogP contribution >= 0.6 is 0 Å². The summed E-state index contributed by atoms with van der Waals surface area (Å²) in [6, 6.07) is 7.42. The lowest BCUT2D eigenvalue weighted by atomic mass is 9.98. The van der Waals surface area contributed by atoms with Crippen molar-refractivity contribution in [2.45, 2.75) is 19.4 Å². The zero-order valence-corrected chi connectivity index (χ0v) is 12.5. The molecule has 1 unspecified atom stereocenters. The zero-order chi connectivity index (χ0) is 16.4. The second-order valence-corrected chi connectivity index (χ2v) is 5.29. The lowest BCUT2D eigenvalue weighted by Gasteiger charge is -2.18. The van der Waals surface area contributed by atoms with Crippen molar-refractivity contribution in [2.75, 3.05) is 0 Å². The molecule has 2 nitrogen and oxygen atoms in total. The second-order valence-electron chi connectivity index (χ2n) is 5.29. The molecule has 0 N–H and O–H groups in total. The smallest absolute Gasteiger partial charge is 0.131 e. The van der Waals surface area contributed by atoms with Gasteiger partial charge in [-0.25, -0.2) is 18.2 Å². The minimum atomic E-state index is -0.583. The molecule has 0 spiro atoms. The Morgan fingerprint density at radius 1 is 1.04 bits per heavy atom. The van der Waals surface area contributed by atoms with Crippen molar-refractivity contribution >= 4 is 0 Å². The van der Waals surface area contributed by atoms with Gasteiger partial charge in [0, 0.05) is 23.5 Å². The molecule has 5 heteroatoms. The first kappa shape index (κ1) is 15.3. The molecule has 1 heterocycles. The van der Waals surface area contributed by atoms with Gasteiger partial charge in [0.15, 0.2) is 0 Å². The molecule has 1 aromatic heterocycles. The number of aromatic nitrogens is 2. The number of imidazole rings is 1. The Labute approximate surface area is 132 Å². The van der Waals surface area contributed by atoms with E-state index in [1.165, 1.54) is 6.07 Å². The Bertz CT molecular complexity index is 813. The van der Waals surface area contributed by atoms with Crippen molar-refractivity contribution in [2.24, 2.45) is 0 Å². The molecule has 118 valence electrons. The summed E-state index contributed by atoms with van der Waals surface area (Å²) in [5.41, 5.74) is 0.848. The first-order valence-electron chi connectivity index (χ1n) is 7.32. The molecule has 0 saturated carbocycles. The van der Waals surface area contributed by atoms with E-state index in [4.69, 9.17) is 0 Å². The molecule has 23 heavy (non-hydrogen) atoms. The molecule has 0 amide bonds. The Kier molecular flexibility index (Phi) is 4.19. The van der Waals surface area contributed by atoms with E-state index in [0.717, 1.165) is 18.2 Å². The predicted molar refractivity (Wildman–Crippen MR) is 82.4 cm³/mol. The molecule has 0 bridgehead atoms. The molecule has 3 rings (SSSR count). The monoisotopic (exact) mass is 316 g/mol. The summed E-state index contributed by atoms with van der Waals surface area (Å²) in [7, 11) is 0. The first-order chi connectivity index (χ1) is 11.1. The van der Waals surface area contributed by atoms with Crippen molar-refractivity contribution < 1.29 is 13.2 Å². The van der Waals surface area contributed by atoms with Crippen LogP contribution in [0.25, 0.3) is 11.1 Å². The summed E-state index contributed by atoms with van der Waals surface area (Å²) in [6.45, 7) is 1.95. The van der Waals surface area contributed by atoms with Crippen LogP contribution in [0.5, 0.6) is 0 Å². The Morgan fingerprint density at radius 2 is 1.87 bits per heavy atom. The minimum Gasteiger partial charge on any atom is -0.330 e. The van der Waals surface area contributed by atoms with E-state index < -0.39 is 17.5 Å². The average molecular weight is 316 g/mol. The predicted octanol–water partition coefficient (Wildman–Crippen LogP) is 4.97. The van der Waals surface area contributed by atoms with Gasteiger partial charge < -0.3 is 4.57 Å². The van der Waals surface area contributed by atoms with Gasteiger partial charge in [0.05, 0.1) is 12.4 Å². The van der Waals surface area contributed by atoms with Gasteiger partial charge in [0.1, 0.15) is 17.5 Å². The van der Waals surface area contributed by atoms with Gasteiger partial charge in [-0.2, -0.15) is 0 Å². The lowest BCUT2D eigenvalue weighted by molar-refractivity contribution is 0.519. The molecule has 2 aromatic carbocycles. The highest BCUT2D eigenvalue weighted by molar-refractivity contribution is 5.64. The number of nitrogens with zero attached hydrogens (tertiary/aromatic N) is 2. The van der Waals surface area contributed by atoms with Crippen LogP contribution in [0.2, 0.25) is 0 Å². The number of hydrogen-bond acceptors (Lipinski definition) is 1. The summed E-state index contributed by atoms with van der Waals surface area (Å²) in [6.07, 6.45) is 5.72. The summed E-state index contributed by atoms with van der Waals surface area (Å²) in [4.78, 5) is 3.98. The van der Waals surface area contributed by atoms with Crippen LogP contribution < -0.4 is 0 Å². The Hall–Kier alpha value is -2.56. The average Bonchev–Trinajstić information content (AvgIpc) is 3.06. The van der Waals surface area contributed by atoms with E-state index in [9.17, 15) is 13.2 Å². The highest BCUT2D eigenvalue weighted by atomic mass is 19.1. The highest BCUT2D eigenvalue weighted by Crippen LogP contribution is 2.30. The third-order valence-corrected chi connectivity index (χ3v) is 3.87. The summed E-state index contributed by atoms with van der Waals surface area (Å²) >= 11 is 0. The molecule has 0 aliphatic carbocycles. The third kappa shape index (κ3) is 2.99. The normalized spacial score (nSPS) is 12.3. The van der Waals surface area contributed by atoms with Gasteiger partial charge in [0.2, 0.25) is 0 Å². The molecule has 0 fully saturated rings. The highest BCUT2D eigenvalue weighted by Gasteiger charge is 2.17. The summed E-state index contributed by atoms with van der Waals surface area (Å²) in [5, 5.41) is 0. The standard InChI is InChI=1S/C18H15F3N2/c1-2-18(23-8-7-22-11-23)14-5-3-12(9-17(14)21)15-10-13(19)4-6-16(15)20/h3-11,18H,2H2,1H3. The largest absolute Gasteiger partial charge is 0.330 e. The minimum absolute atomic E-state index is 0.0473. The van der Waals surface area contributed by atoms with E-state index in [1.54, 1.807) is 30.9 Å². The zero-order valence-electron chi connectivity index (χ0n) is 12.5. The van der Waals surface area contributed by atoms with Gasteiger partial charge in [-0.15, -0.1) is 0 Å². The lowest BCUT2D eigenvalue weighted by Crippen LogP contribution is -2.09. The van der Waals surface area contributed by atoms with Crippen LogP contribution in [0.1, 0.15) is 24.9 Å². The molecule has 3 aromatic rings. The van der Waals surface area contributed by atoms with Gasteiger partial charge in [0.25, 0.3) is 0 Å². The van der Waals surface area contributed by atoms with Gasteiger partial charge in [-0.3, -0.25) is 0 Å². The van der Waals surface area contributed by atoms with Crippen molar-refractivity contribution in [3.63, 3.8) is 0 Å². The molecule has 0 aliphatic rings. The molecular weight excluding hydrogens is 301 g/mol. The van der Waals surface area contributed by atoms with Crippen molar-refractivity contribution in [1.29, 1.82) is 0 Å². The number of hydrogen-bond donors (Lipinski definition) is 0. The maximum atomic E-state index is 14.5. The molecular formula is C18H15F3N2. The Balaban J connectivity index is 2.02. The third-order valence-electron chi connectivity index (χ3n) is 3.87. The van der Waals surface area contributed by atoms with E-state index in [1.807, 2.05) is 11.5 Å². The van der Waals surface area contributed by atoms with Gasteiger partial charge in [-0.05, 0) is 36.2 Å². The van der Waals surface area contributed by atoms with Gasteiger partial charge in [-0.1, -0.05) is 19.1 Å². The van der Waals surface area contributed by atoms with Crippen LogP contribution in [-0.2, 0) is 0 Å². The Morgan fingerprint density at radius 3 is 2.52 bits per heavy atom. The van der Waals surface area contributed by atoms with Crippen molar-refractivity contribution in [3.05, 3.63) is 78.1 Å². The first-order valence-corrected chi connectivity index (χ1v) is 7.32. The molecule has 0 radical (unpaired) electrons. The summed E-state index contributed by atoms with van der Waals surface area (Å²) in [5.74, 6) is -1.59.